The van der Waals surface area contributed by atoms with Gasteiger partial charge in [0.15, 0.2) is 0 Å². The number of thiophene rings is 1. The Bertz CT molecular complexity index is 468. The number of hydrogen-bond acceptors (Lipinski definition) is 3. The van der Waals surface area contributed by atoms with Gasteiger partial charge in [-0.15, -0.1) is 11.3 Å². The SMILES string of the molecule is O=C(NC(C(=O)O)C1CCCCC1)c1sccc1Cl. The number of carbonyl (C=O) groups is 2. The lowest BCUT2D eigenvalue weighted by Crippen LogP contribution is -2.46. The van der Waals surface area contributed by atoms with Gasteiger partial charge in [0.05, 0.1) is 5.02 Å². The summed E-state index contributed by atoms with van der Waals surface area (Å²) in [6.07, 6.45) is 4.92. The Morgan fingerprint density at radius 3 is 2.58 bits per heavy atom. The van der Waals surface area contributed by atoms with Gasteiger partial charge in [0.2, 0.25) is 0 Å². The zero-order valence-corrected chi connectivity index (χ0v) is 12.0. The molecule has 0 radical (unpaired) electrons. The number of nitrogens with one attached hydrogen (secondary N) is 1. The summed E-state index contributed by atoms with van der Waals surface area (Å²) in [7, 11) is 0. The van der Waals surface area contributed by atoms with Gasteiger partial charge in [-0.05, 0) is 30.2 Å². The van der Waals surface area contributed by atoms with Gasteiger partial charge in [-0.1, -0.05) is 30.9 Å². The Hall–Kier alpha value is -1.07. The van der Waals surface area contributed by atoms with Crippen LogP contribution >= 0.6 is 22.9 Å². The van der Waals surface area contributed by atoms with Crippen LogP contribution in [-0.2, 0) is 4.79 Å². The number of carboxylic acids is 1. The highest BCUT2D eigenvalue weighted by molar-refractivity contribution is 7.12. The molecule has 104 valence electrons. The molecular weight excluding hydrogens is 286 g/mol. The average molecular weight is 302 g/mol. The van der Waals surface area contributed by atoms with Crippen LogP contribution in [0.2, 0.25) is 5.02 Å². The van der Waals surface area contributed by atoms with Gasteiger partial charge in [-0.3, -0.25) is 4.79 Å². The van der Waals surface area contributed by atoms with Gasteiger partial charge < -0.3 is 10.4 Å². The predicted molar refractivity (Wildman–Crippen MR) is 74.8 cm³/mol. The van der Waals surface area contributed by atoms with E-state index in [1.165, 1.54) is 11.3 Å². The zero-order chi connectivity index (χ0) is 13.8. The Labute approximate surface area is 120 Å². The molecule has 0 spiro atoms. The van der Waals surface area contributed by atoms with Crippen LogP contribution in [0, 0.1) is 5.92 Å². The maximum atomic E-state index is 12.0. The molecule has 0 aromatic carbocycles. The predicted octanol–water partition coefficient (Wildman–Crippen LogP) is 3.16. The van der Waals surface area contributed by atoms with E-state index < -0.39 is 17.9 Å². The van der Waals surface area contributed by atoms with Crippen molar-refractivity contribution in [1.29, 1.82) is 0 Å². The Kier molecular flexibility index (Phi) is 4.82. The van der Waals surface area contributed by atoms with E-state index in [1.54, 1.807) is 11.4 Å². The number of amides is 1. The summed E-state index contributed by atoms with van der Waals surface area (Å²) in [4.78, 5) is 23.8. The first-order chi connectivity index (χ1) is 9.09. The van der Waals surface area contributed by atoms with E-state index >= 15 is 0 Å². The van der Waals surface area contributed by atoms with E-state index in [2.05, 4.69) is 5.32 Å². The molecule has 1 amide bonds. The van der Waals surface area contributed by atoms with E-state index in [0.717, 1.165) is 32.1 Å². The van der Waals surface area contributed by atoms with Crippen molar-refractivity contribution in [2.24, 2.45) is 5.92 Å². The second-order valence-electron chi connectivity index (χ2n) is 4.79. The van der Waals surface area contributed by atoms with Crippen LogP contribution in [0.3, 0.4) is 0 Å². The molecule has 1 aliphatic carbocycles. The second-order valence-corrected chi connectivity index (χ2v) is 6.11. The molecule has 0 aliphatic heterocycles. The van der Waals surface area contributed by atoms with Gasteiger partial charge in [0, 0.05) is 0 Å². The molecule has 4 nitrogen and oxygen atoms in total. The Balaban J connectivity index is 2.06. The van der Waals surface area contributed by atoms with Crippen LogP contribution in [-0.4, -0.2) is 23.0 Å². The summed E-state index contributed by atoms with van der Waals surface area (Å²) in [5.74, 6) is -1.33. The van der Waals surface area contributed by atoms with Crippen LogP contribution in [0.4, 0.5) is 0 Å². The lowest BCUT2D eigenvalue weighted by atomic mass is 9.84. The van der Waals surface area contributed by atoms with E-state index in [-0.39, 0.29) is 5.92 Å². The standard InChI is InChI=1S/C13H16ClNO3S/c14-9-6-7-19-11(9)12(16)15-10(13(17)18)8-4-2-1-3-5-8/h6-8,10H,1-5H2,(H,15,16)(H,17,18). The number of hydrogen-bond donors (Lipinski definition) is 2. The molecule has 1 heterocycles. The smallest absolute Gasteiger partial charge is 0.326 e. The number of carbonyl (C=O) groups excluding carboxylic acids is 1. The quantitative estimate of drug-likeness (QED) is 0.897. The molecule has 1 atom stereocenters. The van der Waals surface area contributed by atoms with Crippen molar-refractivity contribution in [1.82, 2.24) is 5.32 Å². The van der Waals surface area contributed by atoms with Crippen LogP contribution < -0.4 is 5.32 Å². The summed E-state index contributed by atoms with van der Waals surface area (Å²) in [6, 6.07) is 0.823. The molecule has 6 heteroatoms. The van der Waals surface area contributed by atoms with Crippen molar-refractivity contribution < 1.29 is 14.7 Å². The highest BCUT2D eigenvalue weighted by atomic mass is 35.5. The third-order valence-corrected chi connectivity index (χ3v) is 4.84. The first-order valence-corrected chi connectivity index (χ1v) is 7.62. The fourth-order valence-corrected chi connectivity index (χ4v) is 3.56. The van der Waals surface area contributed by atoms with Crippen molar-refractivity contribution in [3.63, 3.8) is 0 Å². The third kappa shape index (κ3) is 3.48. The molecule has 0 bridgehead atoms. The lowest BCUT2D eigenvalue weighted by molar-refractivity contribution is -0.141. The monoisotopic (exact) mass is 301 g/mol. The topological polar surface area (TPSA) is 66.4 Å². The molecule has 1 saturated carbocycles. The summed E-state index contributed by atoms with van der Waals surface area (Å²) >= 11 is 7.11. The fourth-order valence-electron chi connectivity index (χ4n) is 2.51. The summed E-state index contributed by atoms with van der Waals surface area (Å²) in [6.45, 7) is 0. The van der Waals surface area contributed by atoms with Gasteiger partial charge in [-0.25, -0.2) is 4.79 Å². The molecular formula is C13H16ClNO3S. The van der Waals surface area contributed by atoms with Gasteiger partial charge >= 0.3 is 5.97 Å². The van der Waals surface area contributed by atoms with E-state index in [1.807, 2.05) is 0 Å². The maximum absolute atomic E-state index is 12.0. The van der Waals surface area contributed by atoms with Crippen LogP contribution in [0.15, 0.2) is 11.4 Å². The largest absolute Gasteiger partial charge is 0.480 e. The van der Waals surface area contributed by atoms with Crippen molar-refractivity contribution in [3.8, 4) is 0 Å². The van der Waals surface area contributed by atoms with Crippen molar-refractivity contribution in [3.05, 3.63) is 21.3 Å². The normalized spacial score (nSPS) is 17.9. The number of rotatable bonds is 4. The van der Waals surface area contributed by atoms with Crippen molar-refractivity contribution >= 4 is 34.8 Å². The van der Waals surface area contributed by atoms with Crippen molar-refractivity contribution in [2.45, 2.75) is 38.1 Å². The minimum Gasteiger partial charge on any atom is -0.480 e. The number of halogens is 1. The lowest BCUT2D eigenvalue weighted by Gasteiger charge is -2.27. The summed E-state index contributed by atoms with van der Waals surface area (Å²) < 4.78 is 0. The zero-order valence-electron chi connectivity index (χ0n) is 10.4. The fraction of sp³-hybridized carbons (Fsp3) is 0.538. The van der Waals surface area contributed by atoms with Crippen LogP contribution in [0.25, 0.3) is 0 Å². The van der Waals surface area contributed by atoms with E-state index in [4.69, 9.17) is 11.6 Å². The highest BCUT2D eigenvalue weighted by Crippen LogP contribution is 2.28. The van der Waals surface area contributed by atoms with Gasteiger partial charge in [0.1, 0.15) is 10.9 Å². The van der Waals surface area contributed by atoms with Crippen LogP contribution in [0.1, 0.15) is 41.8 Å². The molecule has 2 rings (SSSR count). The molecule has 1 fully saturated rings. The Morgan fingerprint density at radius 1 is 1.37 bits per heavy atom. The average Bonchev–Trinajstić information content (AvgIpc) is 2.82. The minimum atomic E-state index is -0.965. The third-order valence-electron chi connectivity index (χ3n) is 3.50. The van der Waals surface area contributed by atoms with Gasteiger partial charge in [0.25, 0.3) is 5.91 Å². The first-order valence-electron chi connectivity index (χ1n) is 6.36. The first kappa shape index (κ1) is 14.3. The molecule has 2 N–H and O–H groups in total. The van der Waals surface area contributed by atoms with Crippen molar-refractivity contribution in [2.75, 3.05) is 0 Å². The molecule has 1 unspecified atom stereocenters. The Morgan fingerprint density at radius 2 is 2.05 bits per heavy atom. The summed E-state index contributed by atoms with van der Waals surface area (Å²) in [5.41, 5.74) is 0. The number of carboxylic acid groups (broad SMARTS) is 1. The number of aliphatic carboxylic acids is 1. The van der Waals surface area contributed by atoms with E-state index in [9.17, 15) is 14.7 Å². The van der Waals surface area contributed by atoms with E-state index in [0.29, 0.717) is 9.90 Å². The summed E-state index contributed by atoms with van der Waals surface area (Å²) in [5, 5.41) is 14.0. The molecule has 1 aromatic heterocycles. The molecule has 19 heavy (non-hydrogen) atoms. The maximum Gasteiger partial charge on any atom is 0.326 e. The molecule has 0 saturated heterocycles. The highest BCUT2D eigenvalue weighted by Gasteiger charge is 2.31. The molecule has 1 aromatic rings. The van der Waals surface area contributed by atoms with Crippen LogP contribution in [0.5, 0.6) is 0 Å². The molecule has 1 aliphatic rings. The second kappa shape index (κ2) is 6.39. The minimum absolute atomic E-state index is 0.0222. The van der Waals surface area contributed by atoms with Gasteiger partial charge in [-0.2, -0.15) is 0 Å².